The third-order valence-electron chi connectivity index (χ3n) is 3.19. The molecule has 3 nitrogen and oxygen atoms in total. The summed E-state index contributed by atoms with van der Waals surface area (Å²) in [6, 6.07) is 8.55. The summed E-state index contributed by atoms with van der Waals surface area (Å²) in [5.74, 6) is -2.54. The summed E-state index contributed by atoms with van der Waals surface area (Å²) in [5, 5.41) is 10.5. The second-order valence-electron chi connectivity index (χ2n) is 4.67. The summed E-state index contributed by atoms with van der Waals surface area (Å²) in [6.07, 6.45) is -4.83. The quantitative estimate of drug-likeness (QED) is 0.856. The van der Waals surface area contributed by atoms with Crippen LogP contribution in [0.4, 0.5) is 17.6 Å². The van der Waals surface area contributed by atoms with Gasteiger partial charge >= 0.3 is 6.18 Å². The van der Waals surface area contributed by atoms with Crippen LogP contribution in [0.2, 0.25) is 0 Å². The highest BCUT2D eigenvalue weighted by Gasteiger charge is 2.41. The van der Waals surface area contributed by atoms with Crippen LogP contribution in [0.25, 0.3) is 0 Å². The van der Waals surface area contributed by atoms with Crippen molar-refractivity contribution in [2.75, 3.05) is 0 Å². The molecule has 0 spiro atoms. The Labute approximate surface area is 123 Å². The van der Waals surface area contributed by atoms with Crippen LogP contribution in [-0.4, -0.2) is 11.0 Å². The number of carbonyl (C=O) groups is 1. The molecule has 0 aromatic heterocycles. The lowest BCUT2D eigenvalue weighted by molar-refractivity contribution is -0.139. The maximum atomic E-state index is 13.5. The SMILES string of the molecule is NC(=O)C(O)(c1ccccc1)c1cc(F)cc(C(F)(F)F)c1. The average Bonchev–Trinajstić information content (AvgIpc) is 2.45. The number of aliphatic hydroxyl groups is 1. The number of benzene rings is 2. The van der Waals surface area contributed by atoms with Crippen molar-refractivity contribution in [1.29, 1.82) is 0 Å². The largest absolute Gasteiger partial charge is 0.416 e. The highest BCUT2D eigenvalue weighted by atomic mass is 19.4. The zero-order valence-corrected chi connectivity index (χ0v) is 11.1. The van der Waals surface area contributed by atoms with Gasteiger partial charge in [-0.05, 0) is 23.8 Å². The molecule has 0 aliphatic carbocycles. The highest BCUT2D eigenvalue weighted by Crippen LogP contribution is 2.35. The predicted molar refractivity (Wildman–Crippen MR) is 70.0 cm³/mol. The molecule has 0 aliphatic rings. The number of hydrogen-bond acceptors (Lipinski definition) is 2. The van der Waals surface area contributed by atoms with E-state index in [2.05, 4.69) is 0 Å². The van der Waals surface area contributed by atoms with Crippen LogP contribution in [0.15, 0.2) is 48.5 Å². The number of carbonyl (C=O) groups excluding carboxylic acids is 1. The summed E-state index contributed by atoms with van der Waals surface area (Å²) < 4.78 is 51.8. The zero-order chi connectivity index (χ0) is 16.5. The van der Waals surface area contributed by atoms with Gasteiger partial charge in [-0.3, -0.25) is 4.79 Å². The van der Waals surface area contributed by atoms with E-state index >= 15 is 0 Å². The molecule has 22 heavy (non-hydrogen) atoms. The smallest absolute Gasteiger partial charge is 0.372 e. The molecule has 7 heteroatoms. The van der Waals surface area contributed by atoms with Gasteiger partial charge in [-0.1, -0.05) is 30.3 Å². The molecule has 1 atom stereocenters. The van der Waals surface area contributed by atoms with E-state index in [1.165, 1.54) is 24.3 Å². The third kappa shape index (κ3) is 2.80. The first-order chi connectivity index (χ1) is 10.2. The normalized spacial score (nSPS) is 14.4. The molecule has 2 aromatic rings. The summed E-state index contributed by atoms with van der Waals surface area (Å²) in [6.45, 7) is 0. The van der Waals surface area contributed by atoms with Gasteiger partial charge in [0.25, 0.3) is 5.91 Å². The summed E-state index contributed by atoms with van der Waals surface area (Å²) in [4.78, 5) is 11.7. The van der Waals surface area contributed by atoms with Crippen molar-refractivity contribution in [3.8, 4) is 0 Å². The molecule has 0 saturated heterocycles. The van der Waals surface area contributed by atoms with E-state index in [1.807, 2.05) is 0 Å². The Kier molecular flexibility index (Phi) is 3.93. The van der Waals surface area contributed by atoms with E-state index in [-0.39, 0.29) is 11.6 Å². The van der Waals surface area contributed by atoms with Crippen LogP contribution >= 0.6 is 0 Å². The van der Waals surface area contributed by atoms with Crippen molar-refractivity contribution >= 4 is 5.91 Å². The Morgan fingerprint density at radius 2 is 1.50 bits per heavy atom. The van der Waals surface area contributed by atoms with Crippen molar-refractivity contribution in [3.63, 3.8) is 0 Å². The van der Waals surface area contributed by atoms with Gasteiger partial charge in [0.05, 0.1) is 5.56 Å². The van der Waals surface area contributed by atoms with E-state index in [4.69, 9.17) is 5.73 Å². The van der Waals surface area contributed by atoms with Crippen LogP contribution in [0.3, 0.4) is 0 Å². The minimum absolute atomic E-state index is 0.0544. The Morgan fingerprint density at radius 1 is 0.955 bits per heavy atom. The first kappa shape index (κ1) is 16.0. The molecular formula is C15H11F4NO2. The molecule has 2 rings (SSSR count). The van der Waals surface area contributed by atoms with E-state index in [9.17, 15) is 27.5 Å². The predicted octanol–water partition coefficient (Wildman–Crippen LogP) is 2.57. The summed E-state index contributed by atoms with van der Waals surface area (Å²) in [7, 11) is 0. The van der Waals surface area contributed by atoms with Gasteiger partial charge in [-0.15, -0.1) is 0 Å². The number of primary amides is 1. The fraction of sp³-hybridized carbons (Fsp3) is 0.133. The molecule has 0 fully saturated rings. The van der Waals surface area contributed by atoms with Gasteiger partial charge < -0.3 is 10.8 Å². The monoisotopic (exact) mass is 313 g/mol. The average molecular weight is 313 g/mol. The Balaban J connectivity index is 2.70. The van der Waals surface area contributed by atoms with Crippen molar-refractivity contribution in [3.05, 3.63) is 71.0 Å². The topological polar surface area (TPSA) is 63.3 Å². The third-order valence-corrected chi connectivity index (χ3v) is 3.19. The molecule has 0 saturated carbocycles. The summed E-state index contributed by atoms with van der Waals surface area (Å²) in [5.41, 5.74) is 0.625. The molecule has 0 radical (unpaired) electrons. The van der Waals surface area contributed by atoms with Gasteiger partial charge in [0, 0.05) is 5.56 Å². The number of halogens is 4. The number of hydrogen-bond donors (Lipinski definition) is 2. The zero-order valence-electron chi connectivity index (χ0n) is 11.1. The fourth-order valence-corrected chi connectivity index (χ4v) is 2.09. The lowest BCUT2D eigenvalue weighted by Crippen LogP contribution is -2.42. The molecule has 0 aliphatic heterocycles. The van der Waals surface area contributed by atoms with E-state index in [1.54, 1.807) is 6.07 Å². The molecule has 2 aromatic carbocycles. The second-order valence-corrected chi connectivity index (χ2v) is 4.67. The Hall–Kier alpha value is -2.41. The van der Waals surface area contributed by atoms with Gasteiger partial charge in [0.15, 0.2) is 5.60 Å². The van der Waals surface area contributed by atoms with Gasteiger partial charge in [0.1, 0.15) is 5.82 Å². The van der Waals surface area contributed by atoms with Crippen LogP contribution < -0.4 is 5.73 Å². The first-order valence-electron chi connectivity index (χ1n) is 6.12. The molecule has 1 unspecified atom stereocenters. The lowest BCUT2D eigenvalue weighted by Gasteiger charge is -2.26. The van der Waals surface area contributed by atoms with E-state index < -0.39 is 34.6 Å². The molecule has 0 bridgehead atoms. The maximum Gasteiger partial charge on any atom is 0.416 e. The Morgan fingerprint density at radius 3 is 2.00 bits per heavy atom. The minimum atomic E-state index is -4.83. The van der Waals surface area contributed by atoms with Crippen molar-refractivity contribution < 1.29 is 27.5 Å². The fourth-order valence-electron chi connectivity index (χ4n) is 2.09. The standard InChI is InChI=1S/C15H11F4NO2/c16-12-7-10(6-11(8-12)15(17,18)19)14(22,13(20)21)9-4-2-1-3-5-9/h1-8,22H,(H2,20,21). The molecule has 3 N–H and O–H groups in total. The van der Waals surface area contributed by atoms with Crippen LogP contribution in [0.1, 0.15) is 16.7 Å². The van der Waals surface area contributed by atoms with E-state index in [0.29, 0.717) is 12.1 Å². The minimum Gasteiger partial charge on any atom is -0.372 e. The molecule has 0 heterocycles. The molecule has 116 valence electrons. The van der Waals surface area contributed by atoms with Gasteiger partial charge in [-0.2, -0.15) is 13.2 Å². The number of amides is 1. The van der Waals surface area contributed by atoms with Crippen molar-refractivity contribution in [2.24, 2.45) is 5.73 Å². The van der Waals surface area contributed by atoms with Crippen LogP contribution in [0, 0.1) is 5.82 Å². The second kappa shape index (κ2) is 5.42. The molecular weight excluding hydrogens is 302 g/mol. The van der Waals surface area contributed by atoms with Crippen LogP contribution in [0.5, 0.6) is 0 Å². The van der Waals surface area contributed by atoms with Crippen molar-refractivity contribution in [1.82, 2.24) is 0 Å². The van der Waals surface area contributed by atoms with Gasteiger partial charge in [-0.25, -0.2) is 4.39 Å². The number of rotatable bonds is 3. The maximum absolute atomic E-state index is 13.5. The summed E-state index contributed by atoms with van der Waals surface area (Å²) >= 11 is 0. The van der Waals surface area contributed by atoms with Crippen LogP contribution in [-0.2, 0) is 16.6 Å². The highest BCUT2D eigenvalue weighted by molar-refractivity contribution is 5.88. The Bertz CT molecular complexity index is 700. The number of alkyl halides is 3. The molecule has 1 amide bonds. The van der Waals surface area contributed by atoms with E-state index in [0.717, 1.165) is 0 Å². The number of nitrogens with two attached hydrogens (primary N) is 1. The van der Waals surface area contributed by atoms with Gasteiger partial charge in [0.2, 0.25) is 0 Å². The first-order valence-corrected chi connectivity index (χ1v) is 6.12. The lowest BCUT2D eigenvalue weighted by atomic mass is 9.85. The van der Waals surface area contributed by atoms with Crippen molar-refractivity contribution in [2.45, 2.75) is 11.8 Å².